The lowest BCUT2D eigenvalue weighted by molar-refractivity contribution is -0.141. The summed E-state index contributed by atoms with van der Waals surface area (Å²) in [5.41, 5.74) is 8.32. The van der Waals surface area contributed by atoms with E-state index in [1.54, 1.807) is 16.8 Å². The number of hydrogen-bond donors (Lipinski definition) is 2. The molecule has 1 aromatic rings. The molecule has 0 radical (unpaired) electrons. The van der Waals surface area contributed by atoms with E-state index in [-0.39, 0.29) is 24.9 Å². The average Bonchev–Trinajstić information content (AvgIpc) is 2.58. The number of anilines is 1. The molecular weight excluding hydrogens is 332 g/mol. The molecule has 7 nitrogen and oxygen atoms in total. The van der Waals surface area contributed by atoms with Gasteiger partial charge in [0.1, 0.15) is 6.04 Å². The zero-order valence-electron chi connectivity index (χ0n) is 15.7. The number of nitrogens with zero attached hydrogens (tertiary/aromatic N) is 2. The quantitative estimate of drug-likeness (QED) is 0.792. The third-order valence-corrected chi connectivity index (χ3v) is 4.85. The first-order valence-corrected chi connectivity index (χ1v) is 8.93. The Morgan fingerprint density at radius 1 is 1.23 bits per heavy atom. The van der Waals surface area contributed by atoms with Gasteiger partial charge in [-0.3, -0.25) is 19.3 Å². The molecule has 1 aliphatic heterocycles. The lowest BCUT2D eigenvalue weighted by atomic mass is 10.0. The highest BCUT2D eigenvalue weighted by Gasteiger charge is 2.30. The Morgan fingerprint density at radius 2 is 1.96 bits per heavy atom. The molecule has 0 unspecified atom stereocenters. The molecule has 0 aromatic heterocycles. The van der Waals surface area contributed by atoms with Crippen LogP contribution in [-0.4, -0.2) is 60.2 Å². The molecule has 0 saturated carbocycles. The molecule has 142 valence electrons. The normalized spacial score (nSPS) is 17.2. The summed E-state index contributed by atoms with van der Waals surface area (Å²) in [4.78, 5) is 39.5. The molecule has 3 amide bonds. The molecule has 3 N–H and O–H groups in total. The standard InChI is InChI=1S/C19H28N4O3/c1-13-7-6-8-15(14(13)2)21-17(24)11-22(3)12-18(25)23-10-5-4-9-16(23)19(20)26/h6-8,16H,4-5,9-12H2,1-3H3,(H2,20,26)(H,21,24)/t16-/m1/s1. The Morgan fingerprint density at radius 3 is 2.65 bits per heavy atom. The van der Waals surface area contributed by atoms with Gasteiger partial charge in [0.2, 0.25) is 17.7 Å². The number of piperidine rings is 1. The molecule has 0 bridgehead atoms. The minimum Gasteiger partial charge on any atom is -0.368 e. The van der Waals surface area contributed by atoms with Crippen molar-refractivity contribution in [1.29, 1.82) is 0 Å². The van der Waals surface area contributed by atoms with Gasteiger partial charge in [0.15, 0.2) is 0 Å². The van der Waals surface area contributed by atoms with Crippen molar-refractivity contribution < 1.29 is 14.4 Å². The van der Waals surface area contributed by atoms with Crippen molar-refractivity contribution in [2.75, 3.05) is 32.0 Å². The first-order chi connectivity index (χ1) is 12.3. The summed E-state index contributed by atoms with van der Waals surface area (Å²) in [6, 6.07) is 5.21. The van der Waals surface area contributed by atoms with Gasteiger partial charge in [-0.15, -0.1) is 0 Å². The number of carbonyl (C=O) groups excluding carboxylic acids is 3. The van der Waals surface area contributed by atoms with Crippen LogP contribution < -0.4 is 11.1 Å². The van der Waals surface area contributed by atoms with E-state index < -0.39 is 11.9 Å². The van der Waals surface area contributed by atoms with Crippen LogP contribution in [0.4, 0.5) is 5.69 Å². The van der Waals surface area contributed by atoms with E-state index in [9.17, 15) is 14.4 Å². The van der Waals surface area contributed by atoms with Crippen LogP contribution in [-0.2, 0) is 14.4 Å². The molecule has 1 saturated heterocycles. The van der Waals surface area contributed by atoms with E-state index in [1.165, 1.54) is 0 Å². The molecule has 7 heteroatoms. The van der Waals surface area contributed by atoms with Crippen molar-refractivity contribution >= 4 is 23.4 Å². The number of likely N-dealkylation sites (tertiary alicyclic amines) is 1. The smallest absolute Gasteiger partial charge is 0.240 e. The number of likely N-dealkylation sites (N-methyl/N-ethyl adjacent to an activating group) is 1. The van der Waals surface area contributed by atoms with Crippen LogP contribution in [0, 0.1) is 13.8 Å². The van der Waals surface area contributed by atoms with Gasteiger partial charge < -0.3 is 16.0 Å². The molecule has 1 aliphatic rings. The number of nitrogens with one attached hydrogen (secondary N) is 1. The fourth-order valence-corrected chi connectivity index (χ4v) is 3.22. The van der Waals surface area contributed by atoms with E-state index in [0.717, 1.165) is 29.7 Å². The van der Waals surface area contributed by atoms with Crippen LogP contribution in [0.15, 0.2) is 18.2 Å². The average molecular weight is 360 g/mol. The summed E-state index contributed by atoms with van der Waals surface area (Å²) >= 11 is 0. The van der Waals surface area contributed by atoms with Gasteiger partial charge in [0.05, 0.1) is 13.1 Å². The second-order valence-corrected chi connectivity index (χ2v) is 6.97. The molecule has 1 heterocycles. The number of benzene rings is 1. The molecule has 1 atom stereocenters. The van der Waals surface area contributed by atoms with Gasteiger partial charge in [-0.1, -0.05) is 12.1 Å². The van der Waals surface area contributed by atoms with E-state index in [0.29, 0.717) is 13.0 Å². The zero-order valence-corrected chi connectivity index (χ0v) is 15.7. The van der Waals surface area contributed by atoms with Gasteiger partial charge in [0, 0.05) is 12.2 Å². The maximum absolute atomic E-state index is 12.5. The summed E-state index contributed by atoms with van der Waals surface area (Å²) in [7, 11) is 1.71. The van der Waals surface area contributed by atoms with Crippen molar-refractivity contribution in [3.63, 3.8) is 0 Å². The van der Waals surface area contributed by atoms with Crippen LogP contribution in [0.1, 0.15) is 30.4 Å². The fraction of sp³-hybridized carbons (Fsp3) is 0.526. The van der Waals surface area contributed by atoms with E-state index >= 15 is 0 Å². The van der Waals surface area contributed by atoms with Crippen molar-refractivity contribution in [2.45, 2.75) is 39.2 Å². The molecule has 1 fully saturated rings. The van der Waals surface area contributed by atoms with E-state index in [2.05, 4.69) is 5.32 Å². The fourth-order valence-electron chi connectivity index (χ4n) is 3.22. The molecular formula is C19H28N4O3. The summed E-state index contributed by atoms with van der Waals surface area (Å²) in [5.74, 6) is -0.817. The zero-order chi connectivity index (χ0) is 19.3. The lowest BCUT2D eigenvalue weighted by Crippen LogP contribution is -2.53. The number of amides is 3. The maximum Gasteiger partial charge on any atom is 0.240 e. The first-order valence-electron chi connectivity index (χ1n) is 8.93. The van der Waals surface area contributed by atoms with Gasteiger partial charge in [-0.2, -0.15) is 0 Å². The number of carbonyl (C=O) groups is 3. The van der Waals surface area contributed by atoms with Gasteiger partial charge in [-0.25, -0.2) is 0 Å². The van der Waals surface area contributed by atoms with Gasteiger partial charge in [0.25, 0.3) is 0 Å². The minimum atomic E-state index is -0.534. The second-order valence-electron chi connectivity index (χ2n) is 6.97. The minimum absolute atomic E-state index is 0.0734. The Labute approximate surface area is 154 Å². The lowest BCUT2D eigenvalue weighted by Gasteiger charge is -2.34. The monoisotopic (exact) mass is 360 g/mol. The van der Waals surface area contributed by atoms with Crippen LogP contribution in [0.25, 0.3) is 0 Å². The van der Waals surface area contributed by atoms with Crippen LogP contribution in [0.2, 0.25) is 0 Å². The van der Waals surface area contributed by atoms with Crippen molar-refractivity contribution in [3.05, 3.63) is 29.3 Å². The Hall–Kier alpha value is -2.41. The predicted octanol–water partition coefficient (Wildman–Crippen LogP) is 1.04. The highest BCUT2D eigenvalue weighted by atomic mass is 16.2. The van der Waals surface area contributed by atoms with E-state index in [4.69, 9.17) is 5.73 Å². The van der Waals surface area contributed by atoms with E-state index in [1.807, 2.05) is 32.0 Å². The SMILES string of the molecule is Cc1cccc(NC(=O)CN(C)CC(=O)N2CCCC[C@@H]2C(N)=O)c1C. The first kappa shape index (κ1) is 19.9. The van der Waals surface area contributed by atoms with Crippen LogP contribution in [0.3, 0.4) is 0 Å². The predicted molar refractivity (Wildman–Crippen MR) is 101 cm³/mol. The van der Waals surface area contributed by atoms with Crippen LogP contribution in [0.5, 0.6) is 0 Å². The van der Waals surface area contributed by atoms with Gasteiger partial charge in [-0.05, 0) is 57.4 Å². The topological polar surface area (TPSA) is 95.7 Å². The number of primary amides is 1. The molecule has 0 aliphatic carbocycles. The largest absolute Gasteiger partial charge is 0.368 e. The number of rotatable bonds is 6. The summed E-state index contributed by atoms with van der Waals surface area (Å²) in [6.07, 6.45) is 2.37. The summed E-state index contributed by atoms with van der Waals surface area (Å²) < 4.78 is 0. The molecule has 1 aromatic carbocycles. The van der Waals surface area contributed by atoms with Crippen molar-refractivity contribution in [1.82, 2.24) is 9.80 Å². The second kappa shape index (κ2) is 8.80. The number of hydrogen-bond acceptors (Lipinski definition) is 4. The number of nitrogens with two attached hydrogens (primary N) is 1. The summed E-state index contributed by atoms with van der Waals surface area (Å²) in [5, 5.41) is 2.88. The third kappa shape index (κ3) is 5.05. The molecule has 2 rings (SSSR count). The third-order valence-electron chi connectivity index (χ3n) is 4.85. The van der Waals surface area contributed by atoms with Crippen LogP contribution >= 0.6 is 0 Å². The Kier molecular flexibility index (Phi) is 6.74. The number of aryl methyl sites for hydroxylation is 1. The maximum atomic E-state index is 12.5. The Balaban J connectivity index is 1.89. The highest BCUT2D eigenvalue weighted by molar-refractivity contribution is 5.93. The van der Waals surface area contributed by atoms with Crippen molar-refractivity contribution in [3.8, 4) is 0 Å². The molecule has 26 heavy (non-hydrogen) atoms. The summed E-state index contributed by atoms with van der Waals surface area (Å²) in [6.45, 7) is 4.65. The van der Waals surface area contributed by atoms with Gasteiger partial charge >= 0.3 is 0 Å². The molecule has 0 spiro atoms. The van der Waals surface area contributed by atoms with Crippen molar-refractivity contribution in [2.24, 2.45) is 5.73 Å². The Bertz CT molecular complexity index is 689. The highest BCUT2D eigenvalue weighted by Crippen LogP contribution is 2.18.